The molecule has 1 saturated heterocycles. The topological polar surface area (TPSA) is 88.6 Å². The molecule has 1 atom stereocenters. The number of nitrogens with one attached hydrogen (secondary N) is 1. The average Bonchev–Trinajstić information content (AvgIpc) is 2.67. The molecule has 1 unspecified atom stereocenters. The van der Waals surface area contributed by atoms with Crippen molar-refractivity contribution < 1.29 is 17.9 Å². The number of hydrogen-bond acceptors (Lipinski definition) is 5. The SMILES string of the molecule is CC1CN(S(=O)(=O)c2ccc(C(=O)NCc3ccncc3)cc2)CCO1. The molecule has 1 aromatic carbocycles. The molecule has 0 spiro atoms. The summed E-state index contributed by atoms with van der Waals surface area (Å²) in [5, 5.41) is 2.80. The first kappa shape index (κ1) is 18.5. The maximum absolute atomic E-state index is 12.7. The fourth-order valence-electron chi connectivity index (χ4n) is 2.72. The van der Waals surface area contributed by atoms with Gasteiger partial charge in [0.15, 0.2) is 0 Å². The first-order valence-corrected chi connectivity index (χ1v) is 9.80. The molecule has 8 heteroatoms. The van der Waals surface area contributed by atoms with E-state index in [0.29, 0.717) is 31.8 Å². The van der Waals surface area contributed by atoms with Crippen LogP contribution < -0.4 is 5.32 Å². The fourth-order valence-corrected chi connectivity index (χ4v) is 4.22. The summed E-state index contributed by atoms with van der Waals surface area (Å²) in [6.45, 7) is 3.28. The predicted molar refractivity (Wildman–Crippen MR) is 96.0 cm³/mol. The van der Waals surface area contributed by atoms with Gasteiger partial charge in [-0.15, -0.1) is 0 Å². The van der Waals surface area contributed by atoms with E-state index in [0.717, 1.165) is 5.56 Å². The lowest BCUT2D eigenvalue weighted by atomic mass is 10.2. The van der Waals surface area contributed by atoms with E-state index in [1.165, 1.54) is 28.6 Å². The molecule has 1 aliphatic rings. The average molecular weight is 375 g/mol. The Morgan fingerprint density at radius 1 is 1.23 bits per heavy atom. The minimum absolute atomic E-state index is 0.128. The molecule has 138 valence electrons. The number of morpholine rings is 1. The molecule has 0 bridgehead atoms. The summed E-state index contributed by atoms with van der Waals surface area (Å²) in [5.74, 6) is -0.259. The van der Waals surface area contributed by atoms with Gasteiger partial charge in [-0.2, -0.15) is 4.31 Å². The van der Waals surface area contributed by atoms with Crippen molar-refractivity contribution in [2.45, 2.75) is 24.5 Å². The molecule has 0 radical (unpaired) electrons. The molecule has 1 amide bonds. The van der Waals surface area contributed by atoms with Crippen LogP contribution in [0.15, 0.2) is 53.7 Å². The van der Waals surface area contributed by atoms with E-state index in [2.05, 4.69) is 10.3 Å². The third kappa shape index (κ3) is 4.27. The largest absolute Gasteiger partial charge is 0.376 e. The number of hydrogen-bond donors (Lipinski definition) is 1. The van der Waals surface area contributed by atoms with Crippen LogP contribution in [0, 0.1) is 0 Å². The third-order valence-corrected chi connectivity index (χ3v) is 6.04. The highest BCUT2D eigenvalue weighted by Crippen LogP contribution is 2.19. The molecule has 1 N–H and O–H groups in total. The van der Waals surface area contributed by atoms with Crippen LogP contribution in [0.1, 0.15) is 22.8 Å². The second-order valence-electron chi connectivity index (χ2n) is 6.11. The van der Waals surface area contributed by atoms with Gasteiger partial charge in [-0.05, 0) is 48.9 Å². The number of carbonyl (C=O) groups is 1. The van der Waals surface area contributed by atoms with Gasteiger partial charge in [0.1, 0.15) is 0 Å². The van der Waals surface area contributed by atoms with E-state index in [1.807, 2.05) is 19.1 Å². The minimum Gasteiger partial charge on any atom is -0.376 e. The zero-order valence-electron chi connectivity index (χ0n) is 14.5. The lowest BCUT2D eigenvalue weighted by Gasteiger charge is -2.30. The Morgan fingerprint density at radius 3 is 2.58 bits per heavy atom. The van der Waals surface area contributed by atoms with Gasteiger partial charge in [-0.3, -0.25) is 9.78 Å². The molecule has 7 nitrogen and oxygen atoms in total. The first-order valence-electron chi connectivity index (χ1n) is 8.36. The Hall–Kier alpha value is -2.29. The maximum Gasteiger partial charge on any atom is 0.251 e. The van der Waals surface area contributed by atoms with Gasteiger partial charge in [0.2, 0.25) is 10.0 Å². The minimum atomic E-state index is -3.58. The van der Waals surface area contributed by atoms with Crippen LogP contribution in [0.5, 0.6) is 0 Å². The van der Waals surface area contributed by atoms with Crippen LogP contribution in [0.4, 0.5) is 0 Å². The molecule has 2 aromatic rings. The van der Waals surface area contributed by atoms with Crippen molar-refractivity contribution in [3.8, 4) is 0 Å². The molecule has 0 saturated carbocycles. The van der Waals surface area contributed by atoms with Crippen LogP contribution >= 0.6 is 0 Å². The lowest BCUT2D eigenvalue weighted by molar-refractivity contribution is 0.0102. The number of amides is 1. The summed E-state index contributed by atoms with van der Waals surface area (Å²) in [5.41, 5.74) is 1.35. The molecule has 3 rings (SSSR count). The van der Waals surface area contributed by atoms with E-state index in [1.54, 1.807) is 12.4 Å². The number of aromatic nitrogens is 1. The standard InChI is InChI=1S/C18H21N3O4S/c1-14-13-21(10-11-25-14)26(23,24)17-4-2-16(3-5-17)18(22)20-12-15-6-8-19-9-7-15/h2-9,14H,10-13H2,1H3,(H,20,22). The summed E-state index contributed by atoms with van der Waals surface area (Å²) in [7, 11) is -3.58. The number of rotatable bonds is 5. The second kappa shape index (κ2) is 7.94. The zero-order valence-corrected chi connectivity index (χ0v) is 15.3. The molecule has 1 aromatic heterocycles. The third-order valence-electron chi connectivity index (χ3n) is 4.16. The highest BCUT2D eigenvalue weighted by molar-refractivity contribution is 7.89. The van der Waals surface area contributed by atoms with Gasteiger partial charge in [0.05, 0.1) is 17.6 Å². The van der Waals surface area contributed by atoms with Gasteiger partial charge in [0, 0.05) is 37.6 Å². The van der Waals surface area contributed by atoms with Crippen molar-refractivity contribution in [2.75, 3.05) is 19.7 Å². The highest BCUT2D eigenvalue weighted by Gasteiger charge is 2.29. The molecule has 1 fully saturated rings. The summed E-state index contributed by atoms with van der Waals surface area (Å²) >= 11 is 0. The Kier molecular flexibility index (Phi) is 5.65. The Bertz CT molecular complexity index is 854. The zero-order chi connectivity index (χ0) is 18.6. The van der Waals surface area contributed by atoms with Crippen LogP contribution in [-0.2, 0) is 21.3 Å². The van der Waals surface area contributed by atoms with Gasteiger partial charge >= 0.3 is 0 Å². The van der Waals surface area contributed by atoms with Crippen LogP contribution in [0.3, 0.4) is 0 Å². The van der Waals surface area contributed by atoms with Crippen molar-refractivity contribution in [3.05, 3.63) is 59.9 Å². The van der Waals surface area contributed by atoms with Gasteiger partial charge in [-0.25, -0.2) is 8.42 Å². The van der Waals surface area contributed by atoms with Crippen molar-refractivity contribution in [2.24, 2.45) is 0 Å². The van der Waals surface area contributed by atoms with Crippen LogP contribution in [-0.4, -0.2) is 49.4 Å². The Morgan fingerprint density at radius 2 is 1.92 bits per heavy atom. The van der Waals surface area contributed by atoms with E-state index in [9.17, 15) is 13.2 Å². The Labute approximate surface area is 153 Å². The van der Waals surface area contributed by atoms with Gasteiger partial charge in [-0.1, -0.05) is 0 Å². The van der Waals surface area contributed by atoms with Crippen molar-refractivity contribution in [1.29, 1.82) is 0 Å². The molecule has 1 aliphatic heterocycles. The first-order chi connectivity index (χ1) is 12.5. The van der Waals surface area contributed by atoms with Crippen molar-refractivity contribution >= 4 is 15.9 Å². The van der Waals surface area contributed by atoms with E-state index in [4.69, 9.17) is 4.74 Å². The highest BCUT2D eigenvalue weighted by atomic mass is 32.2. The summed E-state index contributed by atoms with van der Waals surface area (Å²) in [4.78, 5) is 16.3. The molecule has 26 heavy (non-hydrogen) atoms. The molecular weight excluding hydrogens is 354 g/mol. The monoisotopic (exact) mass is 375 g/mol. The maximum atomic E-state index is 12.7. The van der Waals surface area contributed by atoms with Gasteiger partial charge in [0.25, 0.3) is 5.91 Å². The summed E-state index contributed by atoms with van der Waals surface area (Å²) in [6, 6.07) is 9.63. The van der Waals surface area contributed by atoms with Crippen molar-refractivity contribution in [3.63, 3.8) is 0 Å². The number of benzene rings is 1. The Balaban J connectivity index is 1.66. The van der Waals surface area contributed by atoms with Gasteiger partial charge < -0.3 is 10.1 Å². The molecule has 0 aliphatic carbocycles. The van der Waals surface area contributed by atoms with E-state index < -0.39 is 10.0 Å². The van der Waals surface area contributed by atoms with E-state index >= 15 is 0 Å². The number of pyridine rings is 1. The normalized spacial score (nSPS) is 18.4. The smallest absolute Gasteiger partial charge is 0.251 e. The predicted octanol–water partition coefficient (Wildman–Crippen LogP) is 1.42. The molecule has 2 heterocycles. The fraction of sp³-hybridized carbons (Fsp3) is 0.333. The number of ether oxygens (including phenoxy) is 1. The van der Waals surface area contributed by atoms with Crippen LogP contribution in [0.2, 0.25) is 0 Å². The summed E-state index contributed by atoms with van der Waals surface area (Å²) < 4.78 is 32.2. The van der Waals surface area contributed by atoms with Crippen LogP contribution in [0.25, 0.3) is 0 Å². The number of sulfonamides is 1. The quantitative estimate of drug-likeness (QED) is 0.854. The van der Waals surface area contributed by atoms with Crippen molar-refractivity contribution in [1.82, 2.24) is 14.6 Å². The van der Waals surface area contributed by atoms with E-state index in [-0.39, 0.29) is 16.9 Å². The number of nitrogens with zero attached hydrogens (tertiary/aromatic N) is 2. The number of carbonyl (C=O) groups excluding carboxylic acids is 1. The molecular formula is C18H21N3O4S. The second-order valence-corrected chi connectivity index (χ2v) is 8.04. The lowest BCUT2D eigenvalue weighted by Crippen LogP contribution is -2.44. The summed E-state index contributed by atoms with van der Waals surface area (Å²) in [6.07, 6.45) is 3.19.